The van der Waals surface area contributed by atoms with E-state index in [1.807, 2.05) is 0 Å². The van der Waals surface area contributed by atoms with E-state index in [0.717, 1.165) is 44.7 Å². The Labute approximate surface area is 112 Å². The molecule has 1 N–H and O–H groups in total. The Kier molecular flexibility index (Phi) is 6.87. The molecule has 0 aliphatic rings. The quantitative estimate of drug-likeness (QED) is 0.579. The van der Waals surface area contributed by atoms with Gasteiger partial charge in [-0.2, -0.15) is 0 Å². The fourth-order valence-electron chi connectivity index (χ4n) is 1.92. The lowest BCUT2D eigenvalue weighted by Crippen LogP contribution is -2.32. The summed E-state index contributed by atoms with van der Waals surface area (Å²) < 4.78 is 38.7. The van der Waals surface area contributed by atoms with Crippen molar-refractivity contribution in [3.63, 3.8) is 0 Å². The van der Waals surface area contributed by atoms with Crippen molar-refractivity contribution in [3.8, 4) is 0 Å². The summed E-state index contributed by atoms with van der Waals surface area (Å²) in [7, 11) is 0. The highest BCUT2D eigenvalue weighted by Crippen LogP contribution is 2.13. The van der Waals surface area contributed by atoms with Crippen molar-refractivity contribution in [2.24, 2.45) is 0 Å². The molecule has 0 amide bonds. The molecule has 0 saturated carbocycles. The normalized spacial score (nSPS) is 11.3. The number of rotatable bonds is 8. The van der Waals surface area contributed by atoms with Crippen molar-refractivity contribution in [2.45, 2.75) is 26.8 Å². The Morgan fingerprint density at radius 3 is 2.21 bits per heavy atom. The summed E-state index contributed by atoms with van der Waals surface area (Å²) in [6, 6.07) is 2.05. The predicted molar refractivity (Wildman–Crippen MR) is 70.4 cm³/mol. The lowest BCUT2D eigenvalue weighted by atomic mass is 10.2. The monoisotopic (exact) mass is 274 g/mol. The second-order valence-corrected chi connectivity index (χ2v) is 4.48. The topological polar surface area (TPSA) is 15.3 Å². The van der Waals surface area contributed by atoms with E-state index in [2.05, 4.69) is 24.1 Å². The third-order valence-electron chi connectivity index (χ3n) is 2.96. The molecular weight excluding hydrogens is 253 g/mol. The minimum atomic E-state index is -1.41. The van der Waals surface area contributed by atoms with Gasteiger partial charge in [-0.15, -0.1) is 0 Å². The van der Waals surface area contributed by atoms with Crippen LogP contribution in [0.15, 0.2) is 12.1 Å². The SMILES string of the molecule is CCCN(CC)CCNCc1cc(F)c(F)c(F)c1. The minimum Gasteiger partial charge on any atom is -0.311 e. The fourth-order valence-corrected chi connectivity index (χ4v) is 1.92. The van der Waals surface area contributed by atoms with E-state index >= 15 is 0 Å². The molecule has 0 unspecified atom stereocenters. The van der Waals surface area contributed by atoms with Crippen LogP contribution in [0.5, 0.6) is 0 Å². The van der Waals surface area contributed by atoms with Gasteiger partial charge in [0.2, 0.25) is 0 Å². The maximum absolute atomic E-state index is 13.0. The molecule has 1 aromatic rings. The van der Waals surface area contributed by atoms with Gasteiger partial charge in [0.1, 0.15) is 0 Å². The molecule has 19 heavy (non-hydrogen) atoms. The van der Waals surface area contributed by atoms with Crippen LogP contribution in [-0.4, -0.2) is 31.1 Å². The Morgan fingerprint density at radius 1 is 1.05 bits per heavy atom. The summed E-state index contributed by atoms with van der Waals surface area (Å²) in [5, 5.41) is 3.10. The van der Waals surface area contributed by atoms with E-state index in [4.69, 9.17) is 0 Å². The average molecular weight is 274 g/mol. The molecule has 108 valence electrons. The number of hydrogen-bond acceptors (Lipinski definition) is 2. The van der Waals surface area contributed by atoms with Gasteiger partial charge in [0.15, 0.2) is 17.5 Å². The van der Waals surface area contributed by atoms with Gasteiger partial charge in [-0.25, -0.2) is 13.2 Å². The molecule has 0 fully saturated rings. The van der Waals surface area contributed by atoms with Crippen molar-refractivity contribution >= 4 is 0 Å². The molecule has 0 spiro atoms. The third kappa shape index (κ3) is 5.20. The number of halogens is 3. The second-order valence-electron chi connectivity index (χ2n) is 4.48. The van der Waals surface area contributed by atoms with Gasteiger partial charge in [-0.05, 0) is 37.2 Å². The zero-order valence-electron chi connectivity index (χ0n) is 11.5. The van der Waals surface area contributed by atoms with Crippen LogP contribution < -0.4 is 5.32 Å². The molecule has 0 radical (unpaired) electrons. The first-order valence-corrected chi connectivity index (χ1v) is 6.65. The van der Waals surface area contributed by atoms with Gasteiger partial charge in [-0.1, -0.05) is 13.8 Å². The average Bonchev–Trinajstić information content (AvgIpc) is 2.39. The zero-order valence-corrected chi connectivity index (χ0v) is 11.5. The van der Waals surface area contributed by atoms with E-state index < -0.39 is 17.5 Å². The zero-order chi connectivity index (χ0) is 14.3. The van der Waals surface area contributed by atoms with Crippen LogP contribution in [-0.2, 0) is 6.54 Å². The van der Waals surface area contributed by atoms with E-state index in [9.17, 15) is 13.2 Å². The van der Waals surface area contributed by atoms with E-state index in [1.54, 1.807) is 0 Å². The van der Waals surface area contributed by atoms with Crippen molar-refractivity contribution in [3.05, 3.63) is 35.1 Å². The standard InChI is InChI=1S/C14H21F3N2/c1-3-6-19(4-2)7-5-18-10-11-8-12(15)14(17)13(16)9-11/h8-9,18H,3-7,10H2,1-2H3. The minimum absolute atomic E-state index is 0.331. The molecular formula is C14H21F3N2. The van der Waals surface area contributed by atoms with Gasteiger partial charge in [0, 0.05) is 19.6 Å². The lowest BCUT2D eigenvalue weighted by Gasteiger charge is -2.19. The highest BCUT2D eigenvalue weighted by atomic mass is 19.2. The molecule has 0 heterocycles. The van der Waals surface area contributed by atoms with Crippen molar-refractivity contribution < 1.29 is 13.2 Å². The Bertz CT molecular complexity index is 373. The number of hydrogen-bond donors (Lipinski definition) is 1. The van der Waals surface area contributed by atoms with Crippen LogP contribution in [0.1, 0.15) is 25.8 Å². The number of benzene rings is 1. The third-order valence-corrected chi connectivity index (χ3v) is 2.96. The van der Waals surface area contributed by atoms with E-state index in [-0.39, 0.29) is 0 Å². The number of nitrogens with one attached hydrogen (secondary N) is 1. The summed E-state index contributed by atoms with van der Waals surface area (Å²) in [5.41, 5.74) is 0.412. The van der Waals surface area contributed by atoms with Gasteiger partial charge >= 0.3 is 0 Å². The predicted octanol–water partition coefficient (Wildman–Crippen LogP) is 2.93. The fraction of sp³-hybridized carbons (Fsp3) is 0.571. The molecule has 5 heteroatoms. The van der Waals surface area contributed by atoms with Crippen molar-refractivity contribution in [2.75, 3.05) is 26.2 Å². The molecule has 0 bridgehead atoms. The Morgan fingerprint density at radius 2 is 1.68 bits per heavy atom. The van der Waals surface area contributed by atoms with Crippen molar-refractivity contribution in [1.82, 2.24) is 10.2 Å². The van der Waals surface area contributed by atoms with Gasteiger partial charge in [-0.3, -0.25) is 0 Å². The lowest BCUT2D eigenvalue weighted by molar-refractivity contribution is 0.287. The van der Waals surface area contributed by atoms with Crippen LogP contribution in [0, 0.1) is 17.5 Å². The first-order valence-electron chi connectivity index (χ1n) is 6.65. The maximum Gasteiger partial charge on any atom is 0.194 e. The molecule has 0 aliphatic carbocycles. The smallest absolute Gasteiger partial charge is 0.194 e. The van der Waals surface area contributed by atoms with Gasteiger partial charge < -0.3 is 10.2 Å². The summed E-state index contributed by atoms with van der Waals surface area (Å²) in [6.45, 7) is 8.19. The van der Waals surface area contributed by atoms with Crippen LogP contribution in [0.2, 0.25) is 0 Å². The van der Waals surface area contributed by atoms with Crippen LogP contribution in [0.25, 0.3) is 0 Å². The Hall–Kier alpha value is -1.07. The largest absolute Gasteiger partial charge is 0.311 e. The van der Waals surface area contributed by atoms with Gasteiger partial charge in [0.05, 0.1) is 0 Å². The van der Waals surface area contributed by atoms with Crippen LogP contribution in [0.3, 0.4) is 0 Å². The highest BCUT2D eigenvalue weighted by molar-refractivity contribution is 5.19. The molecule has 0 atom stereocenters. The first-order chi connectivity index (χ1) is 9.08. The number of nitrogens with zero attached hydrogens (tertiary/aromatic N) is 1. The molecule has 1 aromatic carbocycles. The molecule has 0 aromatic heterocycles. The number of likely N-dealkylation sites (N-methyl/N-ethyl adjacent to an activating group) is 1. The molecule has 0 saturated heterocycles. The molecule has 1 rings (SSSR count). The molecule has 2 nitrogen and oxygen atoms in total. The summed E-state index contributed by atoms with van der Waals surface area (Å²) in [6.07, 6.45) is 1.10. The van der Waals surface area contributed by atoms with Crippen LogP contribution in [0.4, 0.5) is 13.2 Å². The Balaban J connectivity index is 2.37. The summed E-state index contributed by atoms with van der Waals surface area (Å²) >= 11 is 0. The second kappa shape index (κ2) is 8.17. The highest BCUT2D eigenvalue weighted by Gasteiger charge is 2.10. The van der Waals surface area contributed by atoms with Crippen LogP contribution >= 0.6 is 0 Å². The van der Waals surface area contributed by atoms with E-state index in [1.165, 1.54) is 0 Å². The van der Waals surface area contributed by atoms with Crippen molar-refractivity contribution in [1.29, 1.82) is 0 Å². The van der Waals surface area contributed by atoms with Gasteiger partial charge in [0.25, 0.3) is 0 Å². The van der Waals surface area contributed by atoms with E-state index in [0.29, 0.717) is 12.1 Å². The molecule has 0 aliphatic heterocycles. The summed E-state index contributed by atoms with van der Waals surface area (Å²) in [5.74, 6) is -3.69. The maximum atomic E-state index is 13.0. The first kappa shape index (κ1) is 16.0. The summed E-state index contributed by atoms with van der Waals surface area (Å²) in [4.78, 5) is 2.29.